The number of aliphatic hydroxyl groups is 2. The molecule has 0 fully saturated rings. The summed E-state index contributed by atoms with van der Waals surface area (Å²) in [6.45, 7) is 2.01. The summed E-state index contributed by atoms with van der Waals surface area (Å²) < 4.78 is 32.5. The Balaban J connectivity index is 4.54. The van der Waals surface area contributed by atoms with Gasteiger partial charge in [-0.05, 0) is 89.9 Å². The highest BCUT2D eigenvalue weighted by Crippen LogP contribution is 2.43. The lowest BCUT2D eigenvalue weighted by Crippen LogP contribution is -2.29. The number of hydrogen-bond acceptors (Lipinski definition) is 9. The fourth-order valence-corrected chi connectivity index (χ4v) is 5.11. The van der Waals surface area contributed by atoms with E-state index in [0.29, 0.717) is 12.8 Å². The lowest BCUT2D eigenvalue weighted by atomic mass is 10.1. The van der Waals surface area contributed by atoms with Crippen LogP contribution in [0.5, 0.6) is 0 Å². The predicted molar refractivity (Wildman–Crippen MR) is 214 cm³/mol. The Morgan fingerprint density at radius 2 is 0.962 bits per heavy atom. The van der Waals surface area contributed by atoms with Crippen LogP contribution in [0.4, 0.5) is 0 Å². The minimum atomic E-state index is -4.64. The summed E-state index contributed by atoms with van der Waals surface area (Å²) in [5.41, 5.74) is 0. The number of phosphoric ester groups is 1. The number of allylic oxidation sites excluding steroid dienone is 16. The van der Waals surface area contributed by atoms with Crippen molar-refractivity contribution >= 4 is 19.8 Å². The van der Waals surface area contributed by atoms with Crippen molar-refractivity contribution in [1.29, 1.82) is 0 Å². The zero-order valence-electron chi connectivity index (χ0n) is 32.2. The van der Waals surface area contributed by atoms with Gasteiger partial charge in [-0.25, -0.2) is 4.57 Å². The topological polar surface area (TPSA) is 149 Å². The third-order valence-electron chi connectivity index (χ3n) is 7.23. The molecule has 0 amide bonds. The van der Waals surface area contributed by atoms with E-state index >= 15 is 0 Å². The summed E-state index contributed by atoms with van der Waals surface area (Å²) in [6.07, 6.45) is 43.9. The molecule has 0 aromatic carbocycles. The zero-order valence-corrected chi connectivity index (χ0v) is 33.1. The summed E-state index contributed by atoms with van der Waals surface area (Å²) >= 11 is 0. The van der Waals surface area contributed by atoms with Crippen LogP contribution in [-0.2, 0) is 32.7 Å². The van der Waals surface area contributed by atoms with Crippen LogP contribution in [-0.4, -0.2) is 65.7 Å². The van der Waals surface area contributed by atoms with Crippen molar-refractivity contribution in [2.75, 3.05) is 26.4 Å². The van der Waals surface area contributed by atoms with Gasteiger partial charge in [0, 0.05) is 12.8 Å². The molecule has 0 radical (unpaired) electrons. The Kier molecular flexibility index (Phi) is 35.0. The molecule has 0 rings (SSSR count). The number of ether oxygens (including phenoxy) is 2. The molecule has 0 bridgehead atoms. The number of carbonyl (C=O) groups is 2. The zero-order chi connectivity index (χ0) is 39.1. The van der Waals surface area contributed by atoms with Gasteiger partial charge in [-0.15, -0.1) is 0 Å². The molecule has 0 saturated heterocycles. The van der Waals surface area contributed by atoms with Crippen molar-refractivity contribution in [1.82, 2.24) is 0 Å². The molecule has 0 aliphatic carbocycles. The predicted octanol–water partition coefficient (Wildman–Crippen LogP) is 9.66. The second-order valence-corrected chi connectivity index (χ2v) is 13.6. The number of aliphatic hydroxyl groups excluding tert-OH is 2. The number of phosphoric acid groups is 1. The van der Waals surface area contributed by atoms with Crippen molar-refractivity contribution in [3.05, 3.63) is 97.2 Å². The number of esters is 2. The normalized spacial score (nSPS) is 15.0. The Hall–Kier alpha value is -3.11. The van der Waals surface area contributed by atoms with Gasteiger partial charge in [0.15, 0.2) is 6.10 Å². The van der Waals surface area contributed by atoms with Crippen LogP contribution in [0.15, 0.2) is 97.2 Å². The molecule has 0 aromatic heterocycles. The van der Waals surface area contributed by atoms with E-state index in [4.69, 9.17) is 19.1 Å². The van der Waals surface area contributed by atoms with Crippen molar-refractivity contribution in [2.45, 2.75) is 129 Å². The van der Waals surface area contributed by atoms with Gasteiger partial charge in [0.05, 0.1) is 19.8 Å². The second-order valence-electron chi connectivity index (χ2n) is 12.2. The minimum absolute atomic E-state index is 0.116. The first kappa shape index (κ1) is 49.9. The van der Waals surface area contributed by atoms with Gasteiger partial charge >= 0.3 is 19.8 Å². The quantitative estimate of drug-likeness (QED) is 0.0250. The molecule has 0 aliphatic rings. The highest BCUT2D eigenvalue weighted by Gasteiger charge is 2.27. The first-order valence-electron chi connectivity index (χ1n) is 19.2. The van der Waals surface area contributed by atoms with Crippen LogP contribution in [0.2, 0.25) is 0 Å². The second kappa shape index (κ2) is 37.2. The van der Waals surface area contributed by atoms with E-state index < -0.39 is 51.8 Å². The van der Waals surface area contributed by atoms with Gasteiger partial charge in [0.25, 0.3) is 0 Å². The van der Waals surface area contributed by atoms with Crippen LogP contribution in [0, 0.1) is 0 Å². The molecular weight excluding hydrogens is 695 g/mol. The van der Waals surface area contributed by atoms with Crippen LogP contribution in [0.25, 0.3) is 0 Å². The molecule has 10 nitrogen and oxygen atoms in total. The molecule has 0 aliphatic heterocycles. The van der Waals surface area contributed by atoms with Gasteiger partial charge in [-0.2, -0.15) is 0 Å². The molecule has 0 aromatic rings. The minimum Gasteiger partial charge on any atom is -0.462 e. The summed E-state index contributed by atoms with van der Waals surface area (Å²) in [4.78, 5) is 34.8. The number of rotatable bonds is 34. The Morgan fingerprint density at radius 3 is 1.40 bits per heavy atom. The lowest BCUT2D eigenvalue weighted by molar-refractivity contribution is -0.161. The maximum Gasteiger partial charge on any atom is 0.472 e. The van der Waals surface area contributed by atoms with Crippen molar-refractivity contribution < 1.29 is 47.8 Å². The first-order valence-corrected chi connectivity index (χ1v) is 20.7. The number of unbranched alkanes of at least 4 members (excludes halogenated alkanes) is 4. The molecule has 3 unspecified atom stereocenters. The van der Waals surface area contributed by atoms with E-state index in [9.17, 15) is 24.2 Å². The van der Waals surface area contributed by atoms with Crippen molar-refractivity contribution in [2.24, 2.45) is 0 Å². The van der Waals surface area contributed by atoms with Crippen LogP contribution in [0.3, 0.4) is 0 Å². The van der Waals surface area contributed by atoms with Crippen LogP contribution < -0.4 is 0 Å². The molecular formula is C42H67O10P. The van der Waals surface area contributed by atoms with E-state index in [0.717, 1.165) is 77.0 Å². The Bertz CT molecular complexity index is 1200. The standard InChI is InChI=1S/C42H67O10P/c1-3-5-7-9-11-13-15-17-19-21-23-25-27-29-31-33-41(45)49-37-40(38-51-53(47,48)50-36-39(44)35-43)52-42(46)34-32-30-28-26-24-22-20-18-16-14-12-10-8-6-4-2/h5-8,11-14,17-20,23-26,39-40,43-44H,3-4,9-10,15-16,21-22,27-38H2,1-2H3,(H,47,48)/b7-5-,8-6-,13-11-,14-12-,19-17-,20-18-,25-23-,26-24-. The molecule has 0 spiro atoms. The largest absolute Gasteiger partial charge is 0.472 e. The summed E-state index contributed by atoms with van der Waals surface area (Å²) in [7, 11) is -4.64. The third-order valence-corrected chi connectivity index (χ3v) is 8.18. The van der Waals surface area contributed by atoms with E-state index in [1.165, 1.54) is 0 Å². The van der Waals surface area contributed by atoms with Gasteiger partial charge in [-0.3, -0.25) is 18.6 Å². The monoisotopic (exact) mass is 762 g/mol. The molecule has 3 atom stereocenters. The molecule has 53 heavy (non-hydrogen) atoms. The highest BCUT2D eigenvalue weighted by atomic mass is 31.2. The van der Waals surface area contributed by atoms with E-state index in [2.05, 4.69) is 116 Å². The SMILES string of the molecule is CC/C=C\C/C=C\C/C=C\C/C=C\CCCCC(=O)OCC(COP(=O)(O)OCC(O)CO)OC(=O)CCCC/C=C\C/C=C\C/C=C\C/C=C\CC. The average Bonchev–Trinajstić information content (AvgIpc) is 3.14. The van der Waals surface area contributed by atoms with Crippen LogP contribution >= 0.6 is 7.82 Å². The molecule has 11 heteroatoms. The molecule has 0 saturated carbocycles. The molecule has 3 N–H and O–H groups in total. The number of carbonyl (C=O) groups excluding carboxylic acids is 2. The Morgan fingerprint density at radius 1 is 0.566 bits per heavy atom. The summed E-state index contributed by atoms with van der Waals surface area (Å²) in [6, 6.07) is 0. The fraction of sp³-hybridized carbons (Fsp3) is 0.571. The van der Waals surface area contributed by atoms with Crippen molar-refractivity contribution in [3.8, 4) is 0 Å². The number of hydrogen-bond donors (Lipinski definition) is 3. The fourth-order valence-electron chi connectivity index (χ4n) is 4.32. The van der Waals surface area contributed by atoms with Gasteiger partial charge in [0.2, 0.25) is 0 Å². The maximum atomic E-state index is 12.5. The highest BCUT2D eigenvalue weighted by molar-refractivity contribution is 7.47. The van der Waals surface area contributed by atoms with E-state index in [1.807, 2.05) is 0 Å². The van der Waals surface area contributed by atoms with E-state index in [1.54, 1.807) is 0 Å². The van der Waals surface area contributed by atoms with Gasteiger partial charge in [0.1, 0.15) is 12.7 Å². The summed E-state index contributed by atoms with van der Waals surface area (Å²) in [5.74, 6) is -1.04. The Labute approximate surface area is 319 Å². The average molecular weight is 763 g/mol. The molecule has 0 heterocycles. The first-order chi connectivity index (χ1) is 25.7. The summed E-state index contributed by atoms with van der Waals surface area (Å²) in [5, 5.41) is 18.3. The van der Waals surface area contributed by atoms with Gasteiger partial charge in [-0.1, -0.05) is 111 Å². The maximum absolute atomic E-state index is 12.5. The lowest BCUT2D eigenvalue weighted by Gasteiger charge is -2.20. The smallest absolute Gasteiger partial charge is 0.462 e. The van der Waals surface area contributed by atoms with Crippen LogP contribution in [0.1, 0.15) is 117 Å². The van der Waals surface area contributed by atoms with Gasteiger partial charge < -0.3 is 24.6 Å². The molecule has 300 valence electrons. The third kappa shape index (κ3) is 37.0. The van der Waals surface area contributed by atoms with E-state index in [-0.39, 0.29) is 19.4 Å². The van der Waals surface area contributed by atoms with Crippen molar-refractivity contribution in [3.63, 3.8) is 0 Å².